The van der Waals surface area contributed by atoms with Crippen LogP contribution in [0.4, 0.5) is 5.69 Å². The zero-order chi connectivity index (χ0) is 14.7. The normalized spacial score (nSPS) is 13.4. The minimum Gasteiger partial charge on any atom is -0.497 e. The summed E-state index contributed by atoms with van der Waals surface area (Å²) in [6.45, 7) is 2.33. The molecule has 106 valence electrons. The number of hydrogen-bond acceptors (Lipinski definition) is 4. The topological polar surface area (TPSA) is 75.7 Å². The highest BCUT2D eigenvalue weighted by Gasteiger charge is 2.36. The average Bonchev–Trinajstić information content (AvgIpc) is 2.69. The molecule has 6 nitrogen and oxygen atoms in total. The van der Waals surface area contributed by atoms with E-state index >= 15 is 0 Å². The molecule has 1 aliphatic rings. The van der Waals surface area contributed by atoms with Gasteiger partial charge in [0.1, 0.15) is 12.3 Å². The van der Waals surface area contributed by atoms with E-state index in [1.54, 1.807) is 12.1 Å². The second-order valence-electron chi connectivity index (χ2n) is 4.45. The number of Topliss-reactive ketones (excluding diaryl/α,β-unsaturated/α-hetero) is 1. The lowest BCUT2D eigenvalue weighted by molar-refractivity contribution is -0.122. The van der Waals surface area contributed by atoms with Gasteiger partial charge in [-0.1, -0.05) is 6.92 Å². The predicted molar refractivity (Wildman–Crippen MR) is 73.0 cm³/mol. The van der Waals surface area contributed by atoms with Gasteiger partial charge in [0, 0.05) is 6.54 Å². The zero-order valence-corrected chi connectivity index (χ0v) is 11.4. The summed E-state index contributed by atoms with van der Waals surface area (Å²) in [7, 11) is 1.49. The van der Waals surface area contributed by atoms with E-state index in [2.05, 4.69) is 5.32 Å². The number of carbonyl (C=O) groups is 3. The lowest BCUT2D eigenvalue weighted by Crippen LogP contribution is -2.40. The van der Waals surface area contributed by atoms with Crippen LogP contribution in [0.2, 0.25) is 0 Å². The maximum Gasteiger partial charge on any atom is 0.299 e. The molecule has 0 radical (unpaired) electrons. The first-order valence-electron chi connectivity index (χ1n) is 6.39. The van der Waals surface area contributed by atoms with Crippen LogP contribution in [0.15, 0.2) is 18.2 Å². The van der Waals surface area contributed by atoms with Crippen LogP contribution in [0, 0.1) is 0 Å². The minimum absolute atomic E-state index is 0.149. The van der Waals surface area contributed by atoms with Gasteiger partial charge >= 0.3 is 0 Å². The van der Waals surface area contributed by atoms with Gasteiger partial charge in [0.15, 0.2) is 0 Å². The van der Waals surface area contributed by atoms with Crippen molar-refractivity contribution in [3.05, 3.63) is 23.8 Å². The van der Waals surface area contributed by atoms with Crippen LogP contribution in [0.3, 0.4) is 0 Å². The number of hydrogen-bond donors (Lipinski definition) is 1. The van der Waals surface area contributed by atoms with E-state index in [4.69, 9.17) is 4.74 Å². The van der Waals surface area contributed by atoms with E-state index < -0.39 is 11.7 Å². The first-order chi connectivity index (χ1) is 9.58. The number of carbonyl (C=O) groups excluding carboxylic acids is 3. The highest BCUT2D eigenvalue weighted by Crippen LogP contribution is 2.31. The summed E-state index contributed by atoms with van der Waals surface area (Å²) >= 11 is 0. The molecule has 0 fully saturated rings. The van der Waals surface area contributed by atoms with E-state index in [-0.39, 0.29) is 18.0 Å². The van der Waals surface area contributed by atoms with Crippen LogP contribution in [0.5, 0.6) is 5.75 Å². The molecule has 2 amide bonds. The summed E-state index contributed by atoms with van der Waals surface area (Å²) in [6, 6.07) is 4.78. The quantitative estimate of drug-likeness (QED) is 0.805. The molecule has 0 saturated heterocycles. The second kappa shape index (κ2) is 5.73. The molecule has 1 aliphatic heterocycles. The molecule has 1 N–H and O–H groups in total. The van der Waals surface area contributed by atoms with Gasteiger partial charge in [-0.2, -0.15) is 0 Å². The Balaban J connectivity index is 2.22. The third-order valence-corrected chi connectivity index (χ3v) is 3.05. The number of benzene rings is 1. The maximum absolute atomic E-state index is 11.9. The average molecular weight is 276 g/mol. The third-order valence-electron chi connectivity index (χ3n) is 3.05. The Morgan fingerprint density at radius 3 is 2.75 bits per heavy atom. The van der Waals surface area contributed by atoms with Gasteiger partial charge in [-0.15, -0.1) is 0 Å². The van der Waals surface area contributed by atoms with E-state index in [9.17, 15) is 14.4 Å². The van der Waals surface area contributed by atoms with Gasteiger partial charge in [-0.25, -0.2) is 0 Å². The second-order valence-corrected chi connectivity index (χ2v) is 4.45. The number of nitrogens with zero attached hydrogens (tertiary/aromatic N) is 1. The first-order valence-corrected chi connectivity index (χ1v) is 6.39. The van der Waals surface area contributed by atoms with Crippen molar-refractivity contribution in [1.29, 1.82) is 0 Å². The highest BCUT2D eigenvalue weighted by molar-refractivity contribution is 6.52. The van der Waals surface area contributed by atoms with Gasteiger partial charge in [0.2, 0.25) is 5.91 Å². The van der Waals surface area contributed by atoms with Crippen LogP contribution in [0.25, 0.3) is 0 Å². The van der Waals surface area contributed by atoms with Gasteiger partial charge in [-0.05, 0) is 24.6 Å². The number of methoxy groups -OCH3 is 1. The van der Waals surface area contributed by atoms with Crippen molar-refractivity contribution < 1.29 is 19.1 Å². The summed E-state index contributed by atoms with van der Waals surface area (Å²) in [5.74, 6) is -1.07. The minimum atomic E-state index is -0.681. The van der Waals surface area contributed by atoms with E-state index in [0.717, 1.165) is 6.42 Å². The lowest BCUT2D eigenvalue weighted by Gasteiger charge is -2.16. The van der Waals surface area contributed by atoms with Crippen LogP contribution in [-0.4, -0.2) is 37.8 Å². The third kappa shape index (κ3) is 2.49. The summed E-state index contributed by atoms with van der Waals surface area (Å²) in [6.07, 6.45) is 0.812. The molecule has 0 spiro atoms. The number of ketones is 1. The Bertz CT molecular complexity index is 568. The van der Waals surface area contributed by atoms with Crippen LogP contribution in [-0.2, 0) is 9.59 Å². The molecular weight excluding hydrogens is 260 g/mol. The fourth-order valence-electron chi connectivity index (χ4n) is 2.03. The van der Waals surface area contributed by atoms with Gasteiger partial charge in [-0.3, -0.25) is 19.3 Å². The molecule has 1 aromatic rings. The molecule has 0 unspecified atom stereocenters. The molecule has 0 aliphatic carbocycles. The van der Waals surface area contributed by atoms with Crippen LogP contribution >= 0.6 is 0 Å². The van der Waals surface area contributed by atoms with Crippen molar-refractivity contribution in [3.63, 3.8) is 0 Å². The monoisotopic (exact) mass is 276 g/mol. The van der Waals surface area contributed by atoms with E-state index in [1.807, 2.05) is 6.92 Å². The van der Waals surface area contributed by atoms with Crippen molar-refractivity contribution in [2.45, 2.75) is 13.3 Å². The summed E-state index contributed by atoms with van der Waals surface area (Å²) in [4.78, 5) is 36.7. The Morgan fingerprint density at radius 2 is 2.10 bits per heavy atom. The van der Waals surface area contributed by atoms with Gasteiger partial charge < -0.3 is 10.1 Å². The van der Waals surface area contributed by atoms with Crippen molar-refractivity contribution in [3.8, 4) is 5.75 Å². The van der Waals surface area contributed by atoms with Gasteiger partial charge in [0.05, 0.1) is 18.4 Å². The Morgan fingerprint density at radius 1 is 1.35 bits per heavy atom. The number of ether oxygens (including phenoxy) is 1. The number of rotatable bonds is 5. The molecule has 20 heavy (non-hydrogen) atoms. The largest absolute Gasteiger partial charge is 0.497 e. The van der Waals surface area contributed by atoms with Crippen molar-refractivity contribution in [2.24, 2.45) is 0 Å². The van der Waals surface area contributed by atoms with Crippen molar-refractivity contribution in [1.82, 2.24) is 5.32 Å². The number of amides is 2. The maximum atomic E-state index is 11.9. The SMILES string of the molecule is CCCNC(=O)CN1C(=O)C(=O)c2cc(OC)ccc21. The Kier molecular flexibility index (Phi) is 4.02. The van der Waals surface area contributed by atoms with Crippen molar-refractivity contribution >= 4 is 23.3 Å². The van der Waals surface area contributed by atoms with Crippen LogP contribution in [0.1, 0.15) is 23.7 Å². The Hall–Kier alpha value is -2.37. The summed E-state index contributed by atoms with van der Waals surface area (Å²) in [5.41, 5.74) is 0.727. The Labute approximate surface area is 116 Å². The van der Waals surface area contributed by atoms with Crippen molar-refractivity contribution in [2.75, 3.05) is 25.1 Å². The predicted octanol–water partition coefficient (Wildman–Crippen LogP) is 0.751. The molecule has 1 aromatic carbocycles. The number of fused-ring (bicyclic) bond motifs is 1. The molecule has 1 heterocycles. The summed E-state index contributed by atoms with van der Waals surface area (Å²) < 4.78 is 5.03. The fourth-order valence-corrected chi connectivity index (χ4v) is 2.03. The summed E-state index contributed by atoms with van der Waals surface area (Å²) in [5, 5.41) is 2.68. The fraction of sp³-hybridized carbons (Fsp3) is 0.357. The molecule has 6 heteroatoms. The standard InChI is InChI=1S/C14H16N2O4/c1-3-6-15-12(17)8-16-11-5-4-9(20-2)7-10(11)13(18)14(16)19/h4-5,7H,3,6,8H2,1-2H3,(H,15,17). The highest BCUT2D eigenvalue weighted by atomic mass is 16.5. The molecular formula is C14H16N2O4. The van der Waals surface area contributed by atoms with Crippen LogP contribution < -0.4 is 15.0 Å². The number of anilines is 1. The van der Waals surface area contributed by atoms with E-state index in [0.29, 0.717) is 18.0 Å². The molecule has 0 atom stereocenters. The number of nitrogens with one attached hydrogen (secondary N) is 1. The molecule has 2 rings (SSSR count). The molecule has 0 saturated carbocycles. The zero-order valence-electron chi connectivity index (χ0n) is 11.4. The first kappa shape index (κ1) is 14.0. The lowest BCUT2D eigenvalue weighted by atomic mass is 10.1. The van der Waals surface area contributed by atoms with E-state index in [1.165, 1.54) is 18.1 Å². The molecule has 0 aromatic heterocycles. The van der Waals surface area contributed by atoms with Gasteiger partial charge in [0.25, 0.3) is 11.7 Å². The molecule has 0 bridgehead atoms. The smallest absolute Gasteiger partial charge is 0.299 e.